The summed E-state index contributed by atoms with van der Waals surface area (Å²) < 4.78 is 12.7. The third kappa shape index (κ3) is 4.13. The molecule has 2 heterocycles. The Balaban J connectivity index is 1.30. The molecule has 1 fully saturated rings. The number of nitrogens with zero attached hydrogens (tertiary/aromatic N) is 1. The van der Waals surface area contributed by atoms with Crippen LogP contribution in [0, 0.1) is 0 Å². The first kappa shape index (κ1) is 29.1. The van der Waals surface area contributed by atoms with Crippen molar-refractivity contribution < 1.29 is 9.31 Å². The summed E-state index contributed by atoms with van der Waals surface area (Å²) in [7, 11) is -0.408. The van der Waals surface area contributed by atoms with Gasteiger partial charge in [0.05, 0.1) is 27.8 Å². The molecule has 0 amide bonds. The average molecular weight is 622 g/mol. The van der Waals surface area contributed by atoms with Crippen LogP contribution in [0.4, 0.5) is 0 Å². The van der Waals surface area contributed by atoms with E-state index >= 15 is 0 Å². The van der Waals surface area contributed by atoms with Gasteiger partial charge in [-0.25, -0.2) is 4.98 Å². The van der Waals surface area contributed by atoms with Crippen molar-refractivity contribution in [3.05, 3.63) is 168 Å². The standard InChI is InChI=1S/C44H36BNO2/c1-42(2)43(3,4)48-45(47-42)32-25-23-29(24-26-32)41-37-27-36-33-19-11-13-21-38(33)44(30-15-7-5-8-16-30,31-17-9-6-10-18-31)39(36)28-35(37)34-20-12-14-22-40(34)46-41/h5-28H,1-4H3. The van der Waals surface area contributed by atoms with Crippen LogP contribution in [0.15, 0.2) is 146 Å². The first-order chi connectivity index (χ1) is 23.3. The molecular formula is C44H36BNO2. The van der Waals surface area contributed by atoms with Crippen molar-refractivity contribution in [2.75, 3.05) is 0 Å². The minimum atomic E-state index is -0.461. The van der Waals surface area contributed by atoms with E-state index in [9.17, 15) is 0 Å². The van der Waals surface area contributed by atoms with E-state index in [1.54, 1.807) is 0 Å². The zero-order valence-corrected chi connectivity index (χ0v) is 27.7. The van der Waals surface area contributed by atoms with Crippen LogP contribution in [-0.4, -0.2) is 23.3 Å². The number of benzene rings is 6. The molecule has 48 heavy (non-hydrogen) atoms. The van der Waals surface area contributed by atoms with E-state index in [0.717, 1.165) is 33.0 Å². The highest BCUT2D eigenvalue weighted by molar-refractivity contribution is 6.62. The Hall–Kier alpha value is -5.03. The van der Waals surface area contributed by atoms with E-state index in [-0.39, 0.29) is 0 Å². The molecule has 0 atom stereocenters. The summed E-state index contributed by atoms with van der Waals surface area (Å²) in [5.74, 6) is 0. The van der Waals surface area contributed by atoms with Crippen LogP contribution in [-0.2, 0) is 14.7 Å². The van der Waals surface area contributed by atoms with Crippen molar-refractivity contribution in [3.8, 4) is 22.4 Å². The number of aromatic nitrogens is 1. The van der Waals surface area contributed by atoms with Gasteiger partial charge in [-0.05, 0) is 90.1 Å². The SMILES string of the molecule is CC1(C)OB(c2ccc(-c3nc4ccccc4c4cc5c(cc34)-c3ccccc3C5(c3ccccc3)c3ccccc3)cc2)OC1(C)C. The topological polar surface area (TPSA) is 31.4 Å². The molecule has 1 saturated heterocycles. The van der Waals surface area contributed by atoms with Gasteiger partial charge in [-0.1, -0.05) is 127 Å². The molecule has 232 valence electrons. The summed E-state index contributed by atoms with van der Waals surface area (Å²) in [6, 6.07) is 52.8. The van der Waals surface area contributed by atoms with Crippen molar-refractivity contribution in [2.24, 2.45) is 0 Å². The highest BCUT2D eigenvalue weighted by Crippen LogP contribution is 2.57. The number of hydrogen-bond acceptors (Lipinski definition) is 3. The van der Waals surface area contributed by atoms with Crippen molar-refractivity contribution in [3.63, 3.8) is 0 Å². The summed E-state index contributed by atoms with van der Waals surface area (Å²) in [5, 5.41) is 3.50. The van der Waals surface area contributed by atoms with Crippen LogP contribution in [0.1, 0.15) is 49.9 Å². The van der Waals surface area contributed by atoms with E-state index in [0.29, 0.717) is 0 Å². The number of pyridine rings is 1. The Morgan fingerprint density at radius 3 is 1.75 bits per heavy atom. The maximum Gasteiger partial charge on any atom is 0.494 e. The monoisotopic (exact) mass is 621 g/mol. The zero-order chi connectivity index (χ0) is 32.7. The molecule has 9 rings (SSSR count). The van der Waals surface area contributed by atoms with Crippen molar-refractivity contribution in [1.82, 2.24) is 4.98 Å². The predicted molar refractivity (Wildman–Crippen MR) is 198 cm³/mol. The molecule has 1 aliphatic heterocycles. The molecule has 4 heteroatoms. The van der Waals surface area contributed by atoms with Gasteiger partial charge in [0.25, 0.3) is 0 Å². The Morgan fingerprint density at radius 2 is 1.08 bits per heavy atom. The molecule has 6 aromatic carbocycles. The maximum absolute atomic E-state index is 6.36. The van der Waals surface area contributed by atoms with E-state index in [1.165, 1.54) is 38.8 Å². The van der Waals surface area contributed by atoms with Crippen LogP contribution in [0.5, 0.6) is 0 Å². The Bertz CT molecular complexity index is 2290. The number of fused-ring (bicyclic) bond motifs is 6. The van der Waals surface area contributed by atoms with Crippen LogP contribution in [0.25, 0.3) is 44.1 Å². The first-order valence-corrected chi connectivity index (χ1v) is 16.8. The Labute approximate surface area is 282 Å². The molecule has 7 aromatic rings. The van der Waals surface area contributed by atoms with Crippen molar-refractivity contribution in [2.45, 2.75) is 44.3 Å². The third-order valence-corrected chi connectivity index (χ3v) is 11.0. The van der Waals surface area contributed by atoms with Crippen LogP contribution >= 0.6 is 0 Å². The Kier molecular flexibility index (Phi) is 6.37. The van der Waals surface area contributed by atoms with Gasteiger partial charge >= 0.3 is 7.12 Å². The average Bonchev–Trinajstić information content (AvgIpc) is 3.53. The second-order valence-corrected chi connectivity index (χ2v) is 14.2. The number of hydrogen-bond donors (Lipinski definition) is 0. The molecule has 1 aromatic heterocycles. The van der Waals surface area contributed by atoms with Gasteiger partial charge in [0.2, 0.25) is 0 Å². The zero-order valence-electron chi connectivity index (χ0n) is 27.7. The van der Waals surface area contributed by atoms with Gasteiger partial charge in [-0.15, -0.1) is 0 Å². The lowest BCUT2D eigenvalue weighted by Crippen LogP contribution is -2.41. The van der Waals surface area contributed by atoms with Crippen molar-refractivity contribution in [1.29, 1.82) is 0 Å². The minimum absolute atomic E-state index is 0.391. The summed E-state index contributed by atoms with van der Waals surface area (Å²) >= 11 is 0. The van der Waals surface area contributed by atoms with E-state index < -0.39 is 23.7 Å². The summed E-state index contributed by atoms with van der Waals surface area (Å²) in [6.45, 7) is 8.36. The highest BCUT2D eigenvalue weighted by atomic mass is 16.7. The van der Waals surface area contributed by atoms with Crippen LogP contribution in [0.2, 0.25) is 0 Å². The van der Waals surface area contributed by atoms with Crippen LogP contribution in [0.3, 0.4) is 0 Å². The Morgan fingerprint density at radius 1 is 0.500 bits per heavy atom. The van der Waals surface area contributed by atoms with E-state index in [2.05, 4.69) is 173 Å². The fourth-order valence-corrected chi connectivity index (χ4v) is 7.88. The van der Waals surface area contributed by atoms with E-state index in [4.69, 9.17) is 14.3 Å². The van der Waals surface area contributed by atoms with Gasteiger partial charge in [-0.2, -0.15) is 0 Å². The lowest BCUT2D eigenvalue weighted by atomic mass is 9.67. The molecule has 0 N–H and O–H groups in total. The molecule has 0 spiro atoms. The quantitative estimate of drug-likeness (QED) is 0.145. The van der Waals surface area contributed by atoms with Gasteiger partial charge in [0, 0.05) is 16.3 Å². The fourth-order valence-electron chi connectivity index (χ4n) is 7.88. The lowest BCUT2D eigenvalue weighted by Gasteiger charge is -2.34. The van der Waals surface area contributed by atoms with Gasteiger partial charge in [0.1, 0.15) is 0 Å². The molecule has 0 unspecified atom stereocenters. The summed E-state index contributed by atoms with van der Waals surface area (Å²) in [4.78, 5) is 5.32. The normalized spacial score (nSPS) is 17.0. The number of para-hydroxylation sites is 1. The molecular weight excluding hydrogens is 585 g/mol. The molecule has 1 aliphatic carbocycles. The molecule has 2 aliphatic rings. The van der Waals surface area contributed by atoms with Gasteiger partial charge in [0.15, 0.2) is 0 Å². The van der Waals surface area contributed by atoms with Crippen LogP contribution < -0.4 is 5.46 Å². The van der Waals surface area contributed by atoms with Gasteiger partial charge < -0.3 is 9.31 Å². The smallest absolute Gasteiger partial charge is 0.399 e. The summed E-state index contributed by atoms with van der Waals surface area (Å²) in [6.07, 6.45) is 0. The predicted octanol–water partition coefficient (Wildman–Crippen LogP) is 9.72. The lowest BCUT2D eigenvalue weighted by molar-refractivity contribution is 0.00578. The summed E-state index contributed by atoms with van der Waals surface area (Å²) in [5.41, 5.74) is 10.4. The minimum Gasteiger partial charge on any atom is -0.399 e. The largest absolute Gasteiger partial charge is 0.494 e. The molecule has 0 bridgehead atoms. The second kappa shape index (κ2) is 10.5. The molecule has 3 nitrogen and oxygen atoms in total. The number of rotatable bonds is 4. The fraction of sp³-hybridized carbons (Fsp3) is 0.159. The second-order valence-electron chi connectivity index (χ2n) is 14.2. The molecule has 0 saturated carbocycles. The third-order valence-electron chi connectivity index (χ3n) is 11.0. The highest BCUT2D eigenvalue weighted by Gasteiger charge is 2.51. The van der Waals surface area contributed by atoms with E-state index in [1.807, 2.05) is 0 Å². The van der Waals surface area contributed by atoms with Crippen molar-refractivity contribution >= 4 is 34.3 Å². The first-order valence-electron chi connectivity index (χ1n) is 16.8. The molecule has 0 radical (unpaired) electrons. The maximum atomic E-state index is 6.36. The van der Waals surface area contributed by atoms with Gasteiger partial charge in [-0.3, -0.25) is 0 Å².